The Morgan fingerprint density at radius 1 is 1.25 bits per heavy atom. The Morgan fingerprint density at radius 2 is 1.95 bits per heavy atom. The molecule has 0 amide bonds. The number of likely N-dealkylation sites (N-methyl/N-ethyl adjacent to an activating group) is 1. The van der Waals surface area contributed by atoms with Crippen molar-refractivity contribution < 1.29 is 4.74 Å². The van der Waals surface area contributed by atoms with Crippen LogP contribution >= 0.6 is 0 Å². The topological polar surface area (TPSA) is 38.5 Å². The second-order valence-corrected chi connectivity index (χ2v) is 5.64. The number of benzene rings is 1. The molecule has 1 aliphatic carbocycles. The van der Waals surface area contributed by atoms with Gasteiger partial charge in [0, 0.05) is 19.1 Å². The van der Waals surface area contributed by atoms with Crippen LogP contribution in [0.2, 0.25) is 0 Å². The minimum atomic E-state index is 0.330. The molecule has 0 heterocycles. The fraction of sp³-hybridized carbons (Fsp3) is 0.647. The Balaban J connectivity index is 2.04. The van der Waals surface area contributed by atoms with Crippen LogP contribution in [0, 0.1) is 5.92 Å². The van der Waals surface area contributed by atoms with E-state index in [0.29, 0.717) is 19.2 Å². The van der Waals surface area contributed by atoms with Crippen molar-refractivity contribution in [1.29, 1.82) is 0 Å². The van der Waals surface area contributed by atoms with E-state index in [2.05, 4.69) is 36.1 Å². The molecule has 3 heteroatoms. The van der Waals surface area contributed by atoms with Crippen molar-refractivity contribution in [3.8, 4) is 5.75 Å². The smallest absolute Gasteiger partial charge is 0.119 e. The van der Waals surface area contributed by atoms with E-state index in [1.165, 1.54) is 31.4 Å². The summed E-state index contributed by atoms with van der Waals surface area (Å²) in [5.41, 5.74) is 7.34. The van der Waals surface area contributed by atoms with E-state index < -0.39 is 0 Å². The normalized spacial score (nSPS) is 17.0. The SMILES string of the molecule is CCOc1ccc(C(CN)N(CC)CC2CCC2)cc1. The van der Waals surface area contributed by atoms with Crippen molar-refractivity contribution in [1.82, 2.24) is 4.90 Å². The summed E-state index contributed by atoms with van der Waals surface area (Å²) in [4.78, 5) is 2.53. The molecule has 112 valence electrons. The number of ether oxygens (including phenoxy) is 1. The molecule has 0 aliphatic heterocycles. The van der Waals surface area contributed by atoms with Crippen molar-refractivity contribution in [3.63, 3.8) is 0 Å². The number of nitrogens with two attached hydrogens (primary N) is 1. The maximum absolute atomic E-state index is 6.04. The van der Waals surface area contributed by atoms with E-state index in [-0.39, 0.29) is 0 Å². The predicted octanol–water partition coefficient (Wildman–Crippen LogP) is 3.21. The number of rotatable bonds is 8. The van der Waals surface area contributed by atoms with Gasteiger partial charge in [-0.3, -0.25) is 4.90 Å². The van der Waals surface area contributed by atoms with E-state index in [1.807, 2.05) is 6.92 Å². The van der Waals surface area contributed by atoms with Crippen LogP contribution in [-0.4, -0.2) is 31.1 Å². The van der Waals surface area contributed by atoms with Crippen LogP contribution in [0.5, 0.6) is 5.75 Å². The van der Waals surface area contributed by atoms with Gasteiger partial charge in [-0.15, -0.1) is 0 Å². The average Bonchev–Trinajstić information content (AvgIpc) is 2.43. The van der Waals surface area contributed by atoms with Crippen LogP contribution in [0.25, 0.3) is 0 Å². The van der Waals surface area contributed by atoms with Gasteiger partial charge in [0.15, 0.2) is 0 Å². The molecule has 1 aliphatic rings. The van der Waals surface area contributed by atoms with E-state index in [9.17, 15) is 0 Å². The van der Waals surface area contributed by atoms with Gasteiger partial charge in [-0.25, -0.2) is 0 Å². The molecule has 1 unspecified atom stereocenters. The molecule has 0 spiro atoms. The first-order valence-electron chi connectivity index (χ1n) is 7.95. The lowest BCUT2D eigenvalue weighted by molar-refractivity contribution is 0.141. The third-order valence-corrected chi connectivity index (χ3v) is 4.36. The maximum Gasteiger partial charge on any atom is 0.119 e. The second-order valence-electron chi connectivity index (χ2n) is 5.64. The fourth-order valence-electron chi connectivity index (χ4n) is 2.93. The quantitative estimate of drug-likeness (QED) is 0.792. The lowest BCUT2D eigenvalue weighted by Gasteiger charge is -2.36. The molecule has 0 saturated heterocycles. The van der Waals surface area contributed by atoms with Crippen molar-refractivity contribution in [3.05, 3.63) is 29.8 Å². The molecule has 2 rings (SSSR count). The third kappa shape index (κ3) is 3.74. The van der Waals surface area contributed by atoms with Gasteiger partial charge in [-0.1, -0.05) is 25.5 Å². The van der Waals surface area contributed by atoms with Crippen LogP contribution in [0.4, 0.5) is 0 Å². The lowest BCUT2D eigenvalue weighted by Crippen LogP contribution is -2.38. The first kappa shape index (κ1) is 15.3. The van der Waals surface area contributed by atoms with Gasteiger partial charge in [0.25, 0.3) is 0 Å². The largest absolute Gasteiger partial charge is 0.494 e. The average molecular weight is 276 g/mol. The zero-order valence-electron chi connectivity index (χ0n) is 12.8. The Morgan fingerprint density at radius 3 is 2.40 bits per heavy atom. The highest BCUT2D eigenvalue weighted by molar-refractivity contribution is 5.29. The third-order valence-electron chi connectivity index (χ3n) is 4.36. The number of hydrogen-bond acceptors (Lipinski definition) is 3. The minimum Gasteiger partial charge on any atom is -0.494 e. The number of nitrogens with zero attached hydrogens (tertiary/aromatic N) is 1. The van der Waals surface area contributed by atoms with Crippen molar-refractivity contribution in [2.24, 2.45) is 11.7 Å². The zero-order chi connectivity index (χ0) is 14.4. The van der Waals surface area contributed by atoms with Gasteiger partial charge in [-0.05, 0) is 49.9 Å². The van der Waals surface area contributed by atoms with E-state index in [1.54, 1.807) is 0 Å². The van der Waals surface area contributed by atoms with Gasteiger partial charge >= 0.3 is 0 Å². The summed E-state index contributed by atoms with van der Waals surface area (Å²) in [6.45, 7) is 7.87. The molecular formula is C17H28N2O. The summed E-state index contributed by atoms with van der Waals surface area (Å²) in [6, 6.07) is 8.76. The summed E-state index contributed by atoms with van der Waals surface area (Å²) < 4.78 is 5.51. The van der Waals surface area contributed by atoms with Crippen LogP contribution < -0.4 is 10.5 Å². The molecule has 1 atom stereocenters. The Kier molecular flexibility index (Phi) is 5.86. The minimum absolute atomic E-state index is 0.330. The lowest BCUT2D eigenvalue weighted by atomic mass is 9.84. The van der Waals surface area contributed by atoms with Gasteiger partial charge in [0.2, 0.25) is 0 Å². The van der Waals surface area contributed by atoms with Gasteiger partial charge in [0.1, 0.15) is 5.75 Å². The van der Waals surface area contributed by atoms with Gasteiger partial charge in [-0.2, -0.15) is 0 Å². The summed E-state index contributed by atoms with van der Waals surface area (Å²) in [5, 5.41) is 0. The Labute approximate surface area is 123 Å². The fourth-order valence-corrected chi connectivity index (χ4v) is 2.93. The van der Waals surface area contributed by atoms with E-state index in [4.69, 9.17) is 10.5 Å². The summed E-state index contributed by atoms with van der Waals surface area (Å²) >= 11 is 0. The molecular weight excluding hydrogens is 248 g/mol. The number of hydrogen-bond donors (Lipinski definition) is 1. The monoisotopic (exact) mass is 276 g/mol. The van der Waals surface area contributed by atoms with Crippen molar-refractivity contribution in [2.75, 3.05) is 26.2 Å². The van der Waals surface area contributed by atoms with Crippen molar-refractivity contribution in [2.45, 2.75) is 39.2 Å². The summed E-state index contributed by atoms with van der Waals surface area (Å²) in [7, 11) is 0. The van der Waals surface area contributed by atoms with Gasteiger partial charge < -0.3 is 10.5 Å². The molecule has 2 N–H and O–H groups in total. The highest BCUT2D eigenvalue weighted by Gasteiger charge is 2.24. The van der Waals surface area contributed by atoms with Crippen LogP contribution in [0.3, 0.4) is 0 Å². The molecule has 1 saturated carbocycles. The molecule has 20 heavy (non-hydrogen) atoms. The second kappa shape index (κ2) is 7.65. The first-order valence-corrected chi connectivity index (χ1v) is 7.95. The highest BCUT2D eigenvalue weighted by atomic mass is 16.5. The van der Waals surface area contributed by atoms with Crippen LogP contribution in [-0.2, 0) is 0 Å². The van der Waals surface area contributed by atoms with Crippen LogP contribution in [0.1, 0.15) is 44.7 Å². The highest BCUT2D eigenvalue weighted by Crippen LogP contribution is 2.30. The molecule has 0 radical (unpaired) electrons. The van der Waals surface area contributed by atoms with E-state index in [0.717, 1.165) is 18.2 Å². The predicted molar refractivity (Wildman–Crippen MR) is 84.0 cm³/mol. The first-order chi connectivity index (χ1) is 9.78. The summed E-state index contributed by atoms with van der Waals surface area (Å²) in [6.07, 6.45) is 4.17. The zero-order valence-corrected chi connectivity index (χ0v) is 12.8. The molecule has 1 fully saturated rings. The Bertz CT molecular complexity index is 386. The molecule has 0 aromatic heterocycles. The van der Waals surface area contributed by atoms with Gasteiger partial charge in [0.05, 0.1) is 6.61 Å². The molecule has 1 aromatic rings. The standard InChI is InChI=1S/C17H28N2O/c1-3-19(13-14-6-5-7-14)17(12-18)15-8-10-16(11-9-15)20-4-2/h8-11,14,17H,3-7,12-13,18H2,1-2H3. The maximum atomic E-state index is 6.04. The Hall–Kier alpha value is -1.06. The van der Waals surface area contributed by atoms with Crippen molar-refractivity contribution >= 4 is 0 Å². The van der Waals surface area contributed by atoms with E-state index >= 15 is 0 Å². The molecule has 0 bridgehead atoms. The van der Waals surface area contributed by atoms with Crippen LogP contribution in [0.15, 0.2) is 24.3 Å². The summed E-state index contributed by atoms with van der Waals surface area (Å²) in [5.74, 6) is 1.82. The molecule has 1 aromatic carbocycles. The molecule has 3 nitrogen and oxygen atoms in total.